The molecule has 0 rings (SSSR count). The Balaban J connectivity index is 4.11. The molecule has 432 valence electrons. The molecule has 0 aromatic rings. The van der Waals surface area contributed by atoms with Crippen LogP contribution < -0.4 is 0 Å². The molecule has 10 heteroatoms. The number of allylic oxidation sites excluding steroid dienone is 10. The number of hydrogen-bond acceptors (Lipinski definition) is 7. The van der Waals surface area contributed by atoms with Crippen LogP contribution in [0.1, 0.15) is 284 Å². The first-order valence-electron chi connectivity index (χ1n) is 31.0. The van der Waals surface area contributed by atoms with E-state index in [-0.39, 0.29) is 32.0 Å². The molecule has 0 bridgehead atoms. The predicted molar refractivity (Wildman–Crippen MR) is 316 cm³/mol. The van der Waals surface area contributed by atoms with E-state index < -0.39 is 26.5 Å². The van der Waals surface area contributed by atoms with Gasteiger partial charge in [-0.2, -0.15) is 0 Å². The molecule has 0 aromatic heterocycles. The van der Waals surface area contributed by atoms with E-state index in [2.05, 4.69) is 74.6 Å². The second-order valence-electron chi connectivity index (χ2n) is 22.1. The molecule has 0 aliphatic heterocycles. The average molecular weight is 1060 g/mol. The molecule has 0 aliphatic rings. The summed E-state index contributed by atoms with van der Waals surface area (Å²) in [6.45, 7) is 4.35. The maximum Gasteiger partial charge on any atom is 0.472 e. The van der Waals surface area contributed by atoms with Gasteiger partial charge in [0.2, 0.25) is 0 Å². The lowest BCUT2D eigenvalue weighted by atomic mass is 10.0. The van der Waals surface area contributed by atoms with Crippen LogP contribution in [0, 0.1) is 0 Å². The number of phosphoric ester groups is 1. The molecule has 74 heavy (non-hydrogen) atoms. The highest BCUT2D eigenvalue weighted by molar-refractivity contribution is 7.47. The van der Waals surface area contributed by atoms with Crippen LogP contribution in [0.2, 0.25) is 0 Å². The predicted octanol–water partition coefficient (Wildman–Crippen LogP) is 19.5. The fourth-order valence-corrected chi connectivity index (χ4v) is 9.51. The van der Waals surface area contributed by atoms with E-state index in [1.807, 2.05) is 21.1 Å². The number of rotatable bonds is 57. The molecule has 0 aromatic carbocycles. The summed E-state index contributed by atoms with van der Waals surface area (Å²) in [5, 5.41) is 0. The van der Waals surface area contributed by atoms with Crippen molar-refractivity contribution in [2.45, 2.75) is 290 Å². The van der Waals surface area contributed by atoms with Gasteiger partial charge in [-0.25, -0.2) is 4.57 Å². The van der Waals surface area contributed by atoms with Gasteiger partial charge in [-0.05, 0) is 77.0 Å². The fourth-order valence-electron chi connectivity index (χ4n) is 8.77. The van der Waals surface area contributed by atoms with Crippen LogP contribution in [0.25, 0.3) is 0 Å². The summed E-state index contributed by atoms with van der Waals surface area (Å²) in [7, 11) is 1.48. The highest BCUT2D eigenvalue weighted by Gasteiger charge is 2.27. The number of esters is 2. The van der Waals surface area contributed by atoms with Gasteiger partial charge in [0.1, 0.15) is 19.8 Å². The molecule has 0 saturated heterocycles. The number of ether oxygens (including phenoxy) is 2. The number of phosphoric acid groups is 1. The first kappa shape index (κ1) is 71.7. The zero-order valence-corrected chi connectivity index (χ0v) is 50.0. The standard InChI is InChI=1S/C64H118NO8P/c1-6-8-10-12-14-16-18-20-22-24-26-28-30-32-34-36-38-40-42-44-46-48-50-52-54-56-63(66)70-60-62(61-72-74(68,69)71-59-58-65(3,4)5)73-64(67)57-55-53-51-49-47-45-43-41-39-37-35-33-31-29-27-25-23-21-19-17-15-13-11-9-7-2/h9,11,15,17,21,23-24,26-27,29,62H,6-8,10,12-14,16,18-20,22,25,28,30-61H2,1-5H3/p+1/b11-9-,17-15-,23-21-,26-24-,29-27-. The van der Waals surface area contributed by atoms with Crippen molar-refractivity contribution in [3.8, 4) is 0 Å². The van der Waals surface area contributed by atoms with Crippen molar-refractivity contribution in [1.29, 1.82) is 0 Å². The van der Waals surface area contributed by atoms with Crippen molar-refractivity contribution in [2.75, 3.05) is 47.5 Å². The van der Waals surface area contributed by atoms with E-state index in [4.69, 9.17) is 18.5 Å². The number of carbonyl (C=O) groups excluding carboxylic acids is 2. The number of nitrogens with zero attached hydrogens (tertiary/aromatic N) is 1. The number of hydrogen-bond donors (Lipinski definition) is 1. The zero-order chi connectivity index (χ0) is 54.2. The van der Waals surface area contributed by atoms with Crippen LogP contribution in [0.15, 0.2) is 60.8 Å². The molecule has 0 heterocycles. The van der Waals surface area contributed by atoms with Gasteiger partial charge in [0.05, 0.1) is 27.7 Å². The SMILES string of the molecule is CC/C=C\C/C=C\C/C=C\C/C=C\CCCCCCCCCCCCCCC(=O)OC(COC(=O)CCCCCCCCCCCCCCC/C=C\CCCCCCCCCC)COP(=O)(O)OCC[N+](C)(C)C. The maximum atomic E-state index is 12.8. The summed E-state index contributed by atoms with van der Waals surface area (Å²) in [5.74, 6) is -0.790. The van der Waals surface area contributed by atoms with E-state index in [9.17, 15) is 19.0 Å². The van der Waals surface area contributed by atoms with Crippen LogP contribution >= 0.6 is 7.82 Å². The van der Waals surface area contributed by atoms with Gasteiger partial charge in [-0.15, -0.1) is 0 Å². The second-order valence-corrected chi connectivity index (χ2v) is 23.5. The van der Waals surface area contributed by atoms with E-state index in [0.717, 1.165) is 64.2 Å². The van der Waals surface area contributed by atoms with E-state index in [1.54, 1.807) is 0 Å². The summed E-state index contributed by atoms with van der Waals surface area (Å²) in [6.07, 6.45) is 71.5. The lowest BCUT2D eigenvalue weighted by Gasteiger charge is -2.24. The lowest BCUT2D eigenvalue weighted by molar-refractivity contribution is -0.870. The molecule has 2 atom stereocenters. The van der Waals surface area contributed by atoms with Crippen LogP contribution in [0.4, 0.5) is 0 Å². The van der Waals surface area contributed by atoms with Crippen molar-refractivity contribution in [2.24, 2.45) is 0 Å². The highest BCUT2D eigenvalue weighted by atomic mass is 31.2. The molecule has 2 unspecified atom stereocenters. The first-order valence-corrected chi connectivity index (χ1v) is 32.5. The number of carbonyl (C=O) groups is 2. The Kier molecular flexibility index (Phi) is 53.7. The van der Waals surface area contributed by atoms with Crippen LogP contribution in [-0.4, -0.2) is 74.9 Å². The van der Waals surface area contributed by atoms with Crippen molar-refractivity contribution in [1.82, 2.24) is 0 Å². The summed E-state index contributed by atoms with van der Waals surface area (Å²) < 4.78 is 34.6. The Bertz CT molecular complexity index is 1430. The van der Waals surface area contributed by atoms with Crippen LogP contribution in [0.3, 0.4) is 0 Å². The molecule has 0 amide bonds. The summed E-state index contributed by atoms with van der Waals surface area (Å²) in [4.78, 5) is 35.8. The topological polar surface area (TPSA) is 108 Å². The van der Waals surface area contributed by atoms with Crippen molar-refractivity contribution in [3.05, 3.63) is 60.8 Å². The number of unbranched alkanes of at least 4 members (excludes halogenated alkanes) is 33. The van der Waals surface area contributed by atoms with E-state index >= 15 is 0 Å². The zero-order valence-electron chi connectivity index (χ0n) is 49.1. The highest BCUT2D eigenvalue weighted by Crippen LogP contribution is 2.43. The quantitative estimate of drug-likeness (QED) is 0.0211. The van der Waals surface area contributed by atoms with Crippen LogP contribution in [-0.2, 0) is 32.7 Å². The third-order valence-corrected chi connectivity index (χ3v) is 14.5. The van der Waals surface area contributed by atoms with Gasteiger partial charge in [0.25, 0.3) is 0 Å². The molecule has 0 saturated carbocycles. The van der Waals surface area contributed by atoms with Gasteiger partial charge < -0.3 is 18.9 Å². The van der Waals surface area contributed by atoms with Gasteiger partial charge >= 0.3 is 19.8 Å². The van der Waals surface area contributed by atoms with Gasteiger partial charge in [0.15, 0.2) is 6.10 Å². The Morgan fingerprint density at radius 2 is 0.770 bits per heavy atom. The maximum absolute atomic E-state index is 12.8. The lowest BCUT2D eigenvalue weighted by Crippen LogP contribution is -2.37. The third-order valence-electron chi connectivity index (χ3n) is 13.5. The number of quaternary nitrogens is 1. The fraction of sp³-hybridized carbons (Fsp3) is 0.812. The number of likely N-dealkylation sites (N-methyl/N-ethyl adjacent to an activating group) is 1. The Hall–Kier alpha value is -2.29. The van der Waals surface area contributed by atoms with Crippen molar-refractivity contribution >= 4 is 19.8 Å². The summed E-state index contributed by atoms with van der Waals surface area (Å²) in [5.41, 5.74) is 0. The minimum absolute atomic E-state index is 0.0307. The minimum Gasteiger partial charge on any atom is -0.462 e. The normalized spacial score (nSPS) is 13.6. The van der Waals surface area contributed by atoms with Crippen molar-refractivity contribution < 1.29 is 42.1 Å². The van der Waals surface area contributed by atoms with Crippen LogP contribution in [0.5, 0.6) is 0 Å². The molecule has 0 aliphatic carbocycles. The molecule has 0 spiro atoms. The summed E-state index contributed by atoms with van der Waals surface area (Å²) in [6, 6.07) is 0. The van der Waals surface area contributed by atoms with Gasteiger partial charge in [-0.3, -0.25) is 18.6 Å². The molecule has 9 nitrogen and oxygen atoms in total. The molecule has 1 N–H and O–H groups in total. The Morgan fingerprint density at radius 3 is 1.16 bits per heavy atom. The third kappa shape index (κ3) is 59.0. The van der Waals surface area contributed by atoms with Gasteiger partial charge in [0, 0.05) is 12.8 Å². The minimum atomic E-state index is -4.39. The van der Waals surface area contributed by atoms with Gasteiger partial charge in [-0.1, -0.05) is 254 Å². The molecule has 0 fully saturated rings. The second kappa shape index (κ2) is 55.5. The molecular formula is C64H119NO8P+. The Morgan fingerprint density at radius 1 is 0.432 bits per heavy atom. The van der Waals surface area contributed by atoms with Crippen molar-refractivity contribution in [3.63, 3.8) is 0 Å². The first-order chi connectivity index (χ1) is 36.0. The Labute approximate surface area is 457 Å². The average Bonchev–Trinajstić information content (AvgIpc) is 3.36. The largest absolute Gasteiger partial charge is 0.472 e. The smallest absolute Gasteiger partial charge is 0.462 e. The van der Waals surface area contributed by atoms with E-state index in [1.165, 1.54) is 186 Å². The molecular weight excluding hydrogens is 942 g/mol. The molecule has 0 radical (unpaired) electrons. The van der Waals surface area contributed by atoms with E-state index in [0.29, 0.717) is 17.4 Å². The summed E-state index contributed by atoms with van der Waals surface area (Å²) >= 11 is 0. The monoisotopic (exact) mass is 1060 g/mol.